The van der Waals surface area contributed by atoms with Gasteiger partial charge >= 0.3 is 6.03 Å². The number of sulfonamides is 1. The molecule has 1 fully saturated rings. The van der Waals surface area contributed by atoms with Crippen LogP contribution < -0.4 is 16.0 Å². The lowest BCUT2D eigenvalue weighted by molar-refractivity contribution is 0.0951. The number of nitrogens with zero attached hydrogens (tertiary/aromatic N) is 1. The first-order chi connectivity index (χ1) is 15.9. The molecule has 1 aromatic heterocycles. The Labute approximate surface area is 196 Å². The minimum atomic E-state index is -3.44. The number of rotatable bonds is 7. The maximum absolute atomic E-state index is 12.6. The summed E-state index contributed by atoms with van der Waals surface area (Å²) in [6, 6.07) is 18.5. The van der Waals surface area contributed by atoms with Crippen molar-refractivity contribution in [3.63, 3.8) is 0 Å². The largest absolute Gasteiger partial charge is 0.347 e. The Bertz CT molecular complexity index is 1220. The van der Waals surface area contributed by atoms with Gasteiger partial charge in [0.15, 0.2) is 0 Å². The zero-order valence-electron chi connectivity index (χ0n) is 17.8. The Morgan fingerprint density at radius 2 is 1.48 bits per heavy atom. The van der Waals surface area contributed by atoms with Crippen LogP contribution in [-0.2, 0) is 16.6 Å². The van der Waals surface area contributed by atoms with Crippen LogP contribution in [0.2, 0.25) is 0 Å². The van der Waals surface area contributed by atoms with Crippen LogP contribution in [0.4, 0.5) is 16.2 Å². The summed E-state index contributed by atoms with van der Waals surface area (Å²) >= 11 is 1.17. The normalized spacial score (nSPS) is 14.1. The van der Waals surface area contributed by atoms with Gasteiger partial charge in [0, 0.05) is 34.9 Å². The van der Waals surface area contributed by atoms with Gasteiger partial charge in [-0.3, -0.25) is 4.79 Å². The summed E-state index contributed by atoms with van der Waals surface area (Å²) < 4.78 is 27.1. The molecule has 33 heavy (non-hydrogen) atoms. The number of anilines is 2. The second-order valence-corrected chi connectivity index (χ2v) is 10.9. The fourth-order valence-electron chi connectivity index (χ4n) is 3.44. The van der Waals surface area contributed by atoms with Crippen LogP contribution in [0.25, 0.3) is 0 Å². The Kier molecular flexibility index (Phi) is 7.07. The molecule has 0 spiro atoms. The average molecular weight is 485 g/mol. The number of urea groups is 1. The number of thiophene rings is 1. The molecule has 0 saturated carbocycles. The van der Waals surface area contributed by atoms with Crippen molar-refractivity contribution in [3.05, 3.63) is 77.2 Å². The van der Waals surface area contributed by atoms with E-state index in [-0.39, 0.29) is 18.5 Å². The molecule has 8 nitrogen and oxygen atoms in total. The van der Waals surface area contributed by atoms with E-state index in [1.165, 1.54) is 15.6 Å². The molecule has 0 bridgehead atoms. The smallest absolute Gasteiger partial charge is 0.323 e. The van der Waals surface area contributed by atoms with Gasteiger partial charge < -0.3 is 16.0 Å². The van der Waals surface area contributed by atoms with Crippen molar-refractivity contribution in [2.45, 2.75) is 23.6 Å². The molecule has 172 valence electrons. The molecule has 1 saturated heterocycles. The molecule has 2 heterocycles. The van der Waals surface area contributed by atoms with E-state index in [9.17, 15) is 18.0 Å². The molecule has 0 aliphatic carbocycles. The molecule has 2 aromatic carbocycles. The van der Waals surface area contributed by atoms with Gasteiger partial charge in [0.1, 0.15) is 4.21 Å². The molecular weight excluding hydrogens is 460 g/mol. The Balaban J connectivity index is 1.29. The predicted molar refractivity (Wildman–Crippen MR) is 129 cm³/mol. The highest BCUT2D eigenvalue weighted by atomic mass is 32.2. The molecule has 0 radical (unpaired) electrons. The van der Waals surface area contributed by atoms with Crippen molar-refractivity contribution in [3.8, 4) is 0 Å². The van der Waals surface area contributed by atoms with E-state index in [1.54, 1.807) is 48.5 Å². The molecule has 1 aliphatic heterocycles. The fourth-order valence-corrected chi connectivity index (χ4v) is 6.40. The third-order valence-electron chi connectivity index (χ3n) is 5.16. The zero-order chi connectivity index (χ0) is 23.3. The summed E-state index contributed by atoms with van der Waals surface area (Å²) in [7, 11) is -3.44. The van der Waals surface area contributed by atoms with Gasteiger partial charge in [-0.05, 0) is 61.4 Å². The molecule has 4 rings (SSSR count). The molecule has 3 amide bonds. The van der Waals surface area contributed by atoms with Crippen molar-refractivity contribution in [1.82, 2.24) is 9.62 Å². The van der Waals surface area contributed by atoms with E-state index < -0.39 is 10.0 Å². The molecule has 3 aromatic rings. The van der Waals surface area contributed by atoms with Crippen molar-refractivity contribution in [2.75, 3.05) is 23.7 Å². The minimum absolute atomic E-state index is 0.235. The Morgan fingerprint density at radius 1 is 0.848 bits per heavy atom. The topological polar surface area (TPSA) is 108 Å². The summed E-state index contributed by atoms with van der Waals surface area (Å²) in [6.07, 6.45) is 1.78. The summed E-state index contributed by atoms with van der Waals surface area (Å²) in [5.41, 5.74) is 1.66. The fraction of sp³-hybridized carbons (Fsp3) is 0.217. The van der Waals surface area contributed by atoms with Gasteiger partial charge in [0.25, 0.3) is 15.9 Å². The van der Waals surface area contributed by atoms with E-state index in [0.717, 1.165) is 17.7 Å². The molecule has 1 aliphatic rings. The van der Waals surface area contributed by atoms with Gasteiger partial charge in [0.2, 0.25) is 0 Å². The van der Waals surface area contributed by atoms with Crippen LogP contribution in [0.1, 0.15) is 28.1 Å². The number of benzene rings is 2. The summed E-state index contributed by atoms with van der Waals surface area (Å²) in [5.74, 6) is -0.285. The van der Waals surface area contributed by atoms with Crippen LogP contribution in [0.5, 0.6) is 0 Å². The monoisotopic (exact) mass is 484 g/mol. The Hall–Kier alpha value is -3.21. The lowest BCUT2D eigenvalue weighted by atomic mass is 10.2. The van der Waals surface area contributed by atoms with Crippen molar-refractivity contribution in [1.29, 1.82) is 0 Å². The van der Waals surface area contributed by atoms with Crippen molar-refractivity contribution in [2.24, 2.45) is 0 Å². The van der Waals surface area contributed by atoms with Crippen molar-refractivity contribution >= 4 is 44.7 Å². The van der Waals surface area contributed by atoms with E-state index in [1.807, 2.05) is 18.2 Å². The van der Waals surface area contributed by atoms with Crippen LogP contribution in [0.3, 0.4) is 0 Å². The number of carbonyl (C=O) groups is 2. The minimum Gasteiger partial charge on any atom is -0.347 e. The highest BCUT2D eigenvalue weighted by molar-refractivity contribution is 7.91. The second kappa shape index (κ2) is 10.2. The van der Waals surface area contributed by atoms with Gasteiger partial charge in [-0.2, -0.15) is 4.31 Å². The lowest BCUT2D eigenvalue weighted by Crippen LogP contribution is -2.27. The maximum atomic E-state index is 12.6. The highest BCUT2D eigenvalue weighted by Crippen LogP contribution is 2.27. The maximum Gasteiger partial charge on any atom is 0.323 e. The van der Waals surface area contributed by atoms with E-state index >= 15 is 0 Å². The number of hydrogen-bond acceptors (Lipinski definition) is 5. The third-order valence-corrected chi connectivity index (χ3v) is 8.61. The first kappa shape index (κ1) is 23.0. The number of carbonyl (C=O) groups excluding carboxylic acids is 2. The summed E-state index contributed by atoms with van der Waals surface area (Å²) in [4.78, 5) is 25.3. The van der Waals surface area contributed by atoms with Crippen molar-refractivity contribution < 1.29 is 18.0 Å². The quantitative estimate of drug-likeness (QED) is 0.469. The SMILES string of the molecule is O=C(Nc1ccccc1)Nc1ccc(C(=O)NCc2ccc(S(=O)(=O)N3CCCC3)s2)cc1. The first-order valence-electron chi connectivity index (χ1n) is 10.5. The van der Waals surface area contributed by atoms with Crippen LogP contribution >= 0.6 is 11.3 Å². The molecule has 10 heteroatoms. The number of nitrogens with one attached hydrogen (secondary N) is 3. The molecule has 0 atom stereocenters. The third kappa shape index (κ3) is 5.78. The first-order valence-corrected chi connectivity index (χ1v) is 12.8. The average Bonchev–Trinajstić information content (AvgIpc) is 3.52. The van der Waals surface area contributed by atoms with E-state index in [0.29, 0.717) is 34.2 Å². The highest BCUT2D eigenvalue weighted by Gasteiger charge is 2.28. The predicted octanol–water partition coefficient (Wildman–Crippen LogP) is 4.11. The van der Waals surface area contributed by atoms with E-state index in [2.05, 4.69) is 16.0 Å². The Morgan fingerprint density at radius 3 is 2.15 bits per heavy atom. The molecule has 3 N–H and O–H groups in total. The summed E-state index contributed by atoms with van der Waals surface area (Å²) in [5, 5.41) is 8.24. The van der Waals surface area contributed by atoms with E-state index in [4.69, 9.17) is 0 Å². The molecule has 0 unspecified atom stereocenters. The second-order valence-electron chi connectivity index (χ2n) is 7.54. The number of para-hydroxylation sites is 1. The van der Waals surface area contributed by atoms with Crippen LogP contribution in [0, 0.1) is 0 Å². The standard InChI is InChI=1S/C23H24N4O4S2/c28-22(24-16-20-12-13-21(32-20)33(30,31)27-14-4-5-15-27)17-8-10-19(11-9-17)26-23(29)25-18-6-2-1-3-7-18/h1-3,6-13H,4-5,14-16H2,(H,24,28)(H2,25,26,29). The lowest BCUT2D eigenvalue weighted by Gasteiger charge is -2.13. The summed E-state index contributed by atoms with van der Waals surface area (Å²) in [6.45, 7) is 1.36. The van der Waals surface area contributed by atoms with Gasteiger partial charge in [-0.1, -0.05) is 18.2 Å². The van der Waals surface area contributed by atoms with Gasteiger partial charge in [-0.15, -0.1) is 11.3 Å². The number of amides is 3. The van der Waals surface area contributed by atoms with Crippen LogP contribution in [-0.4, -0.2) is 37.8 Å². The zero-order valence-corrected chi connectivity index (χ0v) is 19.4. The number of hydrogen-bond donors (Lipinski definition) is 3. The molecular formula is C23H24N4O4S2. The van der Waals surface area contributed by atoms with Gasteiger partial charge in [0.05, 0.1) is 6.54 Å². The van der Waals surface area contributed by atoms with Crippen LogP contribution in [0.15, 0.2) is 70.9 Å². The van der Waals surface area contributed by atoms with Gasteiger partial charge in [-0.25, -0.2) is 13.2 Å².